The molecule has 0 atom stereocenters. The van der Waals surface area contributed by atoms with Crippen LogP contribution in [-0.4, -0.2) is 18.1 Å². The van der Waals surface area contributed by atoms with Gasteiger partial charge in [-0.15, -0.1) is 0 Å². The molecule has 94 valence electrons. The number of ether oxygens (including phenoxy) is 1. The van der Waals surface area contributed by atoms with E-state index >= 15 is 0 Å². The molecule has 0 unspecified atom stereocenters. The summed E-state index contributed by atoms with van der Waals surface area (Å²) in [5.41, 5.74) is 0.987. The van der Waals surface area contributed by atoms with Gasteiger partial charge in [0.1, 0.15) is 18.0 Å². The quantitative estimate of drug-likeness (QED) is 0.824. The summed E-state index contributed by atoms with van der Waals surface area (Å²) in [4.78, 5) is 11.4. The van der Waals surface area contributed by atoms with Gasteiger partial charge in [-0.05, 0) is 45.4 Å². The molecule has 1 aromatic rings. The number of hydrogen-bond acceptors (Lipinski definition) is 3. The van der Waals surface area contributed by atoms with Crippen molar-refractivity contribution in [2.45, 2.75) is 33.3 Å². The number of anilines is 1. The molecule has 0 radical (unpaired) electrons. The van der Waals surface area contributed by atoms with Crippen LogP contribution in [0.25, 0.3) is 0 Å². The second kappa shape index (κ2) is 5.17. The molecule has 1 aromatic carbocycles. The van der Waals surface area contributed by atoms with Gasteiger partial charge in [-0.2, -0.15) is 0 Å². The molecule has 0 amide bonds. The van der Waals surface area contributed by atoms with Crippen molar-refractivity contribution in [2.24, 2.45) is 0 Å². The standard InChI is InChI=1S/C13H18FNO2/c1-9-5-6-10(14)7-11(9)15-8-12(16)17-13(2,3)4/h5-7,15H,8H2,1-4H3. The Morgan fingerprint density at radius 2 is 2.06 bits per heavy atom. The molecular weight excluding hydrogens is 221 g/mol. The highest BCUT2D eigenvalue weighted by atomic mass is 19.1. The van der Waals surface area contributed by atoms with Crippen LogP contribution in [0.5, 0.6) is 0 Å². The molecule has 0 bridgehead atoms. The fraction of sp³-hybridized carbons (Fsp3) is 0.462. The zero-order valence-electron chi connectivity index (χ0n) is 10.6. The van der Waals surface area contributed by atoms with E-state index in [1.54, 1.807) is 26.8 Å². The second-order valence-corrected chi connectivity index (χ2v) is 4.90. The van der Waals surface area contributed by atoms with Crippen LogP contribution in [0.1, 0.15) is 26.3 Å². The first kappa shape index (κ1) is 13.5. The molecule has 0 spiro atoms. The summed E-state index contributed by atoms with van der Waals surface area (Å²) in [5, 5.41) is 2.86. The van der Waals surface area contributed by atoms with Crippen LogP contribution >= 0.6 is 0 Å². The van der Waals surface area contributed by atoms with Crippen molar-refractivity contribution in [3.63, 3.8) is 0 Å². The summed E-state index contributed by atoms with van der Waals surface area (Å²) in [5.74, 6) is -0.691. The molecule has 4 heteroatoms. The SMILES string of the molecule is Cc1ccc(F)cc1NCC(=O)OC(C)(C)C. The Morgan fingerprint density at radius 1 is 1.41 bits per heavy atom. The summed E-state index contributed by atoms with van der Waals surface area (Å²) >= 11 is 0. The minimum atomic E-state index is -0.504. The number of nitrogens with one attached hydrogen (secondary N) is 1. The van der Waals surface area contributed by atoms with Crippen molar-refractivity contribution >= 4 is 11.7 Å². The Kier molecular flexibility index (Phi) is 4.10. The van der Waals surface area contributed by atoms with Crippen molar-refractivity contribution in [1.82, 2.24) is 0 Å². The van der Waals surface area contributed by atoms with Gasteiger partial charge in [-0.3, -0.25) is 4.79 Å². The van der Waals surface area contributed by atoms with E-state index < -0.39 is 5.60 Å². The summed E-state index contributed by atoms with van der Waals surface area (Å²) in [6.07, 6.45) is 0. The molecule has 0 aliphatic heterocycles. The lowest BCUT2D eigenvalue weighted by Crippen LogP contribution is -2.28. The molecule has 0 fully saturated rings. The first-order valence-corrected chi connectivity index (χ1v) is 5.50. The minimum absolute atomic E-state index is 0.0293. The first-order valence-electron chi connectivity index (χ1n) is 5.50. The lowest BCUT2D eigenvalue weighted by molar-refractivity contribution is -0.152. The van der Waals surface area contributed by atoms with Crippen LogP contribution in [0.2, 0.25) is 0 Å². The lowest BCUT2D eigenvalue weighted by Gasteiger charge is -2.20. The van der Waals surface area contributed by atoms with Crippen molar-refractivity contribution in [3.8, 4) is 0 Å². The van der Waals surface area contributed by atoms with Crippen LogP contribution < -0.4 is 5.32 Å². The monoisotopic (exact) mass is 239 g/mol. The number of benzene rings is 1. The van der Waals surface area contributed by atoms with E-state index in [-0.39, 0.29) is 18.3 Å². The molecule has 1 rings (SSSR count). The van der Waals surface area contributed by atoms with E-state index in [1.165, 1.54) is 12.1 Å². The van der Waals surface area contributed by atoms with E-state index in [0.717, 1.165) is 5.56 Å². The molecule has 0 saturated carbocycles. The third-order valence-corrected chi connectivity index (χ3v) is 2.04. The van der Waals surface area contributed by atoms with Crippen molar-refractivity contribution in [2.75, 3.05) is 11.9 Å². The van der Waals surface area contributed by atoms with Gasteiger partial charge >= 0.3 is 5.97 Å². The van der Waals surface area contributed by atoms with Crippen LogP contribution in [0.3, 0.4) is 0 Å². The number of rotatable bonds is 3. The van der Waals surface area contributed by atoms with Crippen molar-refractivity contribution < 1.29 is 13.9 Å². The number of halogens is 1. The predicted octanol–water partition coefficient (Wildman–Crippen LogP) is 2.89. The third kappa shape index (κ3) is 4.85. The summed E-state index contributed by atoms with van der Waals surface area (Å²) < 4.78 is 18.1. The van der Waals surface area contributed by atoms with Gasteiger partial charge < -0.3 is 10.1 Å². The molecule has 0 aliphatic carbocycles. The minimum Gasteiger partial charge on any atom is -0.459 e. The highest BCUT2D eigenvalue weighted by molar-refractivity contribution is 5.75. The molecule has 0 heterocycles. The summed E-state index contributed by atoms with van der Waals surface area (Å²) in [6, 6.07) is 4.40. The number of esters is 1. The highest BCUT2D eigenvalue weighted by Gasteiger charge is 2.15. The third-order valence-electron chi connectivity index (χ3n) is 2.04. The van der Waals surface area contributed by atoms with E-state index in [2.05, 4.69) is 5.32 Å². The Bertz CT molecular complexity index is 410. The molecule has 0 saturated heterocycles. The van der Waals surface area contributed by atoms with Crippen LogP contribution in [0.15, 0.2) is 18.2 Å². The number of carbonyl (C=O) groups excluding carboxylic acids is 1. The Hall–Kier alpha value is -1.58. The van der Waals surface area contributed by atoms with Crippen molar-refractivity contribution in [3.05, 3.63) is 29.6 Å². The highest BCUT2D eigenvalue weighted by Crippen LogP contribution is 2.16. The molecular formula is C13H18FNO2. The van der Waals surface area contributed by atoms with E-state index in [9.17, 15) is 9.18 Å². The Morgan fingerprint density at radius 3 is 2.65 bits per heavy atom. The van der Waals surface area contributed by atoms with Crippen LogP contribution in [0, 0.1) is 12.7 Å². The van der Waals surface area contributed by atoms with Gasteiger partial charge in [0.2, 0.25) is 0 Å². The van der Waals surface area contributed by atoms with Gasteiger partial charge in [0.25, 0.3) is 0 Å². The fourth-order valence-corrected chi connectivity index (χ4v) is 1.33. The molecule has 0 aromatic heterocycles. The maximum absolute atomic E-state index is 13.0. The van der Waals surface area contributed by atoms with E-state index in [0.29, 0.717) is 5.69 Å². The topological polar surface area (TPSA) is 38.3 Å². The van der Waals surface area contributed by atoms with Gasteiger partial charge in [0.05, 0.1) is 0 Å². The molecule has 17 heavy (non-hydrogen) atoms. The molecule has 3 nitrogen and oxygen atoms in total. The number of aryl methyl sites for hydroxylation is 1. The Labute approximate surface area is 101 Å². The van der Waals surface area contributed by atoms with Crippen LogP contribution in [0.4, 0.5) is 10.1 Å². The maximum atomic E-state index is 13.0. The summed E-state index contributed by atoms with van der Waals surface area (Å²) in [6.45, 7) is 7.29. The zero-order valence-corrected chi connectivity index (χ0v) is 10.6. The first-order chi connectivity index (χ1) is 7.78. The van der Waals surface area contributed by atoms with Crippen molar-refractivity contribution in [1.29, 1.82) is 0 Å². The van der Waals surface area contributed by atoms with Gasteiger partial charge in [-0.1, -0.05) is 6.07 Å². The normalized spacial score (nSPS) is 11.1. The number of hydrogen-bond donors (Lipinski definition) is 1. The van der Waals surface area contributed by atoms with Gasteiger partial charge in [-0.25, -0.2) is 4.39 Å². The second-order valence-electron chi connectivity index (χ2n) is 4.90. The number of carbonyl (C=O) groups is 1. The average Bonchev–Trinajstić information content (AvgIpc) is 2.17. The van der Waals surface area contributed by atoms with E-state index in [4.69, 9.17) is 4.74 Å². The maximum Gasteiger partial charge on any atom is 0.325 e. The average molecular weight is 239 g/mol. The molecule has 1 N–H and O–H groups in total. The Balaban J connectivity index is 2.56. The predicted molar refractivity (Wildman–Crippen MR) is 65.5 cm³/mol. The van der Waals surface area contributed by atoms with Crippen LogP contribution in [-0.2, 0) is 9.53 Å². The zero-order chi connectivity index (χ0) is 13.1. The van der Waals surface area contributed by atoms with Gasteiger partial charge in [0, 0.05) is 5.69 Å². The largest absolute Gasteiger partial charge is 0.459 e. The fourth-order valence-electron chi connectivity index (χ4n) is 1.33. The summed E-state index contributed by atoms with van der Waals surface area (Å²) in [7, 11) is 0. The van der Waals surface area contributed by atoms with Gasteiger partial charge in [0.15, 0.2) is 0 Å². The molecule has 0 aliphatic rings. The van der Waals surface area contributed by atoms with E-state index in [1.807, 2.05) is 6.92 Å². The lowest BCUT2D eigenvalue weighted by atomic mass is 10.2. The smallest absolute Gasteiger partial charge is 0.325 e.